The molecule has 1 saturated heterocycles. The average Bonchev–Trinajstić information content (AvgIpc) is 3.43. The molecule has 1 fully saturated rings. The van der Waals surface area contributed by atoms with Crippen LogP contribution in [-0.4, -0.2) is 51.1 Å². The molecule has 168 valence electrons. The summed E-state index contributed by atoms with van der Waals surface area (Å²) in [6.07, 6.45) is 5.17. The molecule has 7 nitrogen and oxygen atoms in total. The molecule has 8 heteroatoms. The summed E-state index contributed by atoms with van der Waals surface area (Å²) in [4.78, 5) is 31.4. The van der Waals surface area contributed by atoms with E-state index in [-0.39, 0.29) is 17.9 Å². The quantitative estimate of drug-likeness (QED) is 0.574. The van der Waals surface area contributed by atoms with Crippen LogP contribution in [0.25, 0.3) is 5.69 Å². The van der Waals surface area contributed by atoms with Crippen LogP contribution >= 0.6 is 11.8 Å². The van der Waals surface area contributed by atoms with Crippen molar-refractivity contribution in [2.45, 2.75) is 44.8 Å². The molecular weight excluding hydrogens is 424 g/mol. The second-order valence-corrected chi connectivity index (χ2v) is 9.14. The molecule has 4 rings (SSSR count). The van der Waals surface area contributed by atoms with Gasteiger partial charge in [0.15, 0.2) is 10.9 Å². The average molecular weight is 453 g/mol. The highest BCUT2D eigenvalue weighted by molar-refractivity contribution is 7.99. The number of rotatable bonds is 6. The van der Waals surface area contributed by atoms with Crippen molar-refractivity contribution < 1.29 is 14.0 Å². The normalized spacial score (nSPS) is 14.5. The molecule has 0 bridgehead atoms. The number of aryl methyl sites for hydroxylation is 3. The summed E-state index contributed by atoms with van der Waals surface area (Å²) in [6.45, 7) is 7.22. The number of carbonyl (C=O) groups excluding carboxylic acids is 2. The van der Waals surface area contributed by atoms with Crippen molar-refractivity contribution in [1.82, 2.24) is 19.8 Å². The summed E-state index contributed by atoms with van der Waals surface area (Å²) >= 11 is 1.45. The zero-order valence-corrected chi connectivity index (χ0v) is 19.4. The maximum atomic E-state index is 12.8. The fourth-order valence-electron chi connectivity index (χ4n) is 3.86. The zero-order valence-electron chi connectivity index (χ0n) is 18.6. The SMILES string of the molecule is Cc1ccc(C)c(-n2ccnc2SCC(=O)N2CCC(NC(=O)c3ccc(C)o3)CC2)c1. The summed E-state index contributed by atoms with van der Waals surface area (Å²) < 4.78 is 7.42. The van der Waals surface area contributed by atoms with Crippen LogP contribution < -0.4 is 5.32 Å². The fourth-order valence-corrected chi connectivity index (χ4v) is 4.73. The van der Waals surface area contributed by atoms with Gasteiger partial charge in [-0.15, -0.1) is 0 Å². The Morgan fingerprint density at radius 2 is 1.94 bits per heavy atom. The van der Waals surface area contributed by atoms with E-state index in [0.29, 0.717) is 30.4 Å². The molecule has 3 heterocycles. The lowest BCUT2D eigenvalue weighted by atomic mass is 10.0. The molecule has 2 aromatic heterocycles. The van der Waals surface area contributed by atoms with E-state index < -0.39 is 0 Å². The van der Waals surface area contributed by atoms with Gasteiger partial charge in [0.2, 0.25) is 5.91 Å². The standard InChI is InChI=1S/C24H28N4O3S/c1-16-4-5-17(2)20(14-16)28-13-10-25-24(28)32-15-22(29)27-11-8-19(9-12-27)26-23(30)21-7-6-18(3)31-21/h4-7,10,13-14,19H,8-9,11-12,15H2,1-3H3,(H,26,30). The Morgan fingerprint density at radius 3 is 2.66 bits per heavy atom. The number of piperidine rings is 1. The molecule has 0 spiro atoms. The molecule has 1 N–H and O–H groups in total. The second-order valence-electron chi connectivity index (χ2n) is 8.20. The van der Waals surface area contributed by atoms with Gasteiger partial charge in [-0.3, -0.25) is 14.2 Å². The summed E-state index contributed by atoms with van der Waals surface area (Å²) in [5.41, 5.74) is 3.43. The third-order valence-electron chi connectivity index (χ3n) is 5.70. The van der Waals surface area contributed by atoms with Crippen LogP contribution in [0.3, 0.4) is 0 Å². The van der Waals surface area contributed by atoms with E-state index in [9.17, 15) is 9.59 Å². The minimum Gasteiger partial charge on any atom is -0.456 e. The third-order valence-corrected chi connectivity index (χ3v) is 6.65. The van der Waals surface area contributed by atoms with Crippen LogP contribution in [0.2, 0.25) is 0 Å². The number of likely N-dealkylation sites (tertiary alicyclic amines) is 1. The number of aromatic nitrogens is 2. The Labute approximate surface area is 192 Å². The van der Waals surface area contributed by atoms with Gasteiger partial charge in [0.05, 0.1) is 11.4 Å². The summed E-state index contributed by atoms with van der Waals surface area (Å²) in [6, 6.07) is 9.83. The first-order chi connectivity index (χ1) is 15.4. The van der Waals surface area contributed by atoms with Gasteiger partial charge in [0.1, 0.15) is 5.76 Å². The zero-order chi connectivity index (χ0) is 22.7. The number of hydrogen-bond donors (Lipinski definition) is 1. The Bertz CT molecular complexity index is 1110. The van der Waals surface area contributed by atoms with Crippen molar-refractivity contribution in [2.24, 2.45) is 0 Å². The maximum Gasteiger partial charge on any atom is 0.287 e. The minimum atomic E-state index is -0.197. The summed E-state index contributed by atoms with van der Waals surface area (Å²) in [5.74, 6) is 1.28. The Kier molecular flexibility index (Phi) is 6.69. The van der Waals surface area contributed by atoms with E-state index in [2.05, 4.69) is 42.3 Å². The number of nitrogens with zero attached hydrogens (tertiary/aromatic N) is 3. The van der Waals surface area contributed by atoms with E-state index in [0.717, 1.165) is 29.2 Å². The predicted molar refractivity (Wildman–Crippen MR) is 124 cm³/mol. The first kappa shape index (κ1) is 22.2. The van der Waals surface area contributed by atoms with Gasteiger partial charge >= 0.3 is 0 Å². The smallest absolute Gasteiger partial charge is 0.287 e. The van der Waals surface area contributed by atoms with Gasteiger partial charge in [0, 0.05) is 31.5 Å². The number of nitrogens with one attached hydrogen (secondary N) is 1. The lowest BCUT2D eigenvalue weighted by molar-refractivity contribution is -0.129. The predicted octanol–water partition coefficient (Wildman–Crippen LogP) is 3.90. The number of carbonyl (C=O) groups is 2. The van der Waals surface area contributed by atoms with Gasteiger partial charge in [-0.05, 0) is 62.9 Å². The lowest BCUT2D eigenvalue weighted by Gasteiger charge is -2.32. The molecule has 2 amide bonds. The molecule has 1 aromatic carbocycles. The van der Waals surface area contributed by atoms with Crippen molar-refractivity contribution in [3.05, 3.63) is 65.4 Å². The van der Waals surface area contributed by atoms with Crippen LogP contribution in [-0.2, 0) is 4.79 Å². The number of benzene rings is 1. The molecule has 0 saturated carbocycles. The molecular formula is C24H28N4O3S. The van der Waals surface area contributed by atoms with Crippen LogP contribution in [0.1, 0.15) is 40.3 Å². The molecule has 0 radical (unpaired) electrons. The molecule has 1 aliphatic heterocycles. The highest BCUT2D eigenvalue weighted by atomic mass is 32.2. The highest BCUT2D eigenvalue weighted by Crippen LogP contribution is 2.24. The van der Waals surface area contributed by atoms with Crippen molar-refractivity contribution in [3.63, 3.8) is 0 Å². The number of imidazole rings is 1. The summed E-state index contributed by atoms with van der Waals surface area (Å²) in [5, 5.41) is 3.82. The van der Waals surface area contributed by atoms with Crippen molar-refractivity contribution in [1.29, 1.82) is 0 Å². The van der Waals surface area contributed by atoms with Crippen LogP contribution in [0.15, 0.2) is 52.3 Å². The Balaban J connectivity index is 1.29. The highest BCUT2D eigenvalue weighted by Gasteiger charge is 2.25. The van der Waals surface area contributed by atoms with Gasteiger partial charge in [0.25, 0.3) is 5.91 Å². The molecule has 3 aromatic rings. The first-order valence-corrected chi connectivity index (χ1v) is 11.8. The van der Waals surface area contributed by atoms with Crippen molar-refractivity contribution >= 4 is 23.6 Å². The monoisotopic (exact) mass is 452 g/mol. The van der Waals surface area contributed by atoms with Gasteiger partial charge in [-0.25, -0.2) is 4.98 Å². The van der Waals surface area contributed by atoms with Gasteiger partial charge in [-0.2, -0.15) is 0 Å². The molecule has 32 heavy (non-hydrogen) atoms. The Hall–Kier alpha value is -3.00. The number of hydrogen-bond acceptors (Lipinski definition) is 5. The lowest BCUT2D eigenvalue weighted by Crippen LogP contribution is -2.47. The largest absolute Gasteiger partial charge is 0.456 e. The van der Waals surface area contributed by atoms with Crippen LogP contribution in [0.5, 0.6) is 0 Å². The third kappa shape index (κ3) is 5.07. The minimum absolute atomic E-state index is 0.0489. The van der Waals surface area contributed by atoms with E-state index in [1.165, 1.54) is 17.3 Å². The van der Waals surface area contributed by atoms with E-state index in [1.54, 1.807) is 18.3 Å². The molecule has 1 aliphatic rings. The Morgan fingerprint density at radius 1 is 1.16 bits per heavy atom. The molecule has 0 atom stereocenters. The fraction of sp³-hybridized carbons (Fsp3) is 0.375. The maximum absolute atomic E-state index is 12.8. The van der Waals surface area contributed by atoms with E-state index in [4.69, 9.17) is 4.42 Å². The second kappa shape index (κ2) is 9.65. The van der Waals surface area contributed by atoms with Crippen molar-refractivity contribution in [2.75, 3.05) is 18.8 Å². The topological polar surface area (TPSA) is 80.4 Å². The van der Waals surface area contributed by atoms with E-state index >= 15 is 0 Å². The van der Waals surface area contributed by atoms with Crippen LogP contribution in [0, 0.1) is 20.8 Å². The van der Waals surface area contributed by atoms with Crippen molar-refractivity contribution in [3.8, 4) is 5.69 Å². The van der Waals surface area contributed by atoms with Crippen LogP contribution in [0.4, 0.5) is 0 Å². The molecule has 0 unspecified atom stereocenters. The molecule has 0 aliphatic carbocycles. The first-order valence-electron chi connectivity index (χ1n) is 10.8. The number of furan rings is 1. The summed E-state index contributed by atoms with van der Waals surface area (Å²) in [7, 11) is 0. The number of amides is 2. The van der Waals surface area contributed by atoms with Gasteiger partial charge in [-0.1, -0.05) is 23.9 Å². The van der Waals surface area contributed by atoms with E-state index in [1.807, 2.05) is 22.6 Å². The van der Waals surface area contributed by atoms with Gasteiger partial charge < -0.3 is 14.6 Å². The number of thioether (sulfide) groups is 1.